The molecule has 0 aliphatic heterocycles. The third kappa shape index (κ3) is 4.20. The molecule has 0 radical (unpaired) electrons. The van der Waals surface area contributed by atoms with Gasteiger partial charge >= 0.3 is 6.09 Å². The summed E-state index contributed by atoms with van der Waals surface area (Å²) in [7, 11) is 0. The van der Waals surface area contributed by atoms with E-state index in [0.717, 1.165) is 22.0 Å². The monoisotopic (exact) mass is 434 g/mol. The second kappa shape index (κ2) is 9.21. The molecule has 5 rings (SSSR count). The Morgan fingerprint density at radius 3 is 2.27 bits per heavy atom. The van der Waals surface area contributed by atoms with E-state index >= 15 is 0 Å². The summed E-state index contributed by atoms with van der Waals surface area (Å²) in [5.74, 6) is 0.0712. The van der Waals surface area contributed by atoms with Gasteiger partial charge in [0.2, 0.25) is 0 Å². The van der Waals surface area contributed by atoms with Crippen molar-refractivity contribution in [3.05, 3.63) is 108 Å². The van der Waals surface area contributed by atoms with Crippen LogP contribution in [0.5, 0.6) is 0 Å². The molecule has 0 unspecified atom stereocenters. The number of rotatable bonds is 6. The van der Waals surface area contributed by atoms with E-state index < -0.39 is 0 Å². The maximum Gasteiger partial charge on any atom is 0.407 e. The number of amides is 1. The van der Waals surface area contributed by atoms with Crippen LogP contribution in [0, 0.1) is 0 Å². The number of hydrogen-bond donors (Lipinski definition) is 2. The Hall–Kier alpha value is -4.05. The van der Waals surface area contributed by atoms with E-state index in [1.165, 1.54) is 22.3 Å². The Morgan fingerprint density at radius 2 is 1.52 bits per heavy atom. The van der Waals surface area contributed by atoms with Gasteiger partial charge in [0.15, 0.2) is 0 Å². The number of nitrogen functional groups attached to an aromatic ring is 1. The minimum atomic E-state index is -0.386. The van der Waals surface area contributed by atoms with Crippen molar-refractivity contribution in [1.82, 2.24) is 5.32 Å². The number of nitrogens with two attached hydrogens (primary N) is 1. The Balaban J connectivity index is 1.15. The first-order valence-electron chi connectivity index (χ1n) is 11.2. The summed E-state index contributed by atoms with van der Waals surface area (Å²) in [6.45, 7) is 0.840. The van der Waals surface area contributed by atoms with E-state index in [9.17, 15) is 4.79 Å². The molecule has 3 N–H and O–H groups in total. The van der Waals surface area contributed by atoms with Crippen molar-refractivity contribution in [2.45, 2.75) is 12.3 Å². The first kappa shape index (κ1) is 20.8. The fourth-order valence-corrected chi connectivity index (χ4v) is 4.62. The predicted octanol–water partition coefficient (Wildman–Crippen LogP) is 6.36. The van der Waals surface area contributed by atoms with Crippen LogP contribution in [-0.4, -0.2) is 19.2 Å². The van der Waals surface area contributed by atoms with E-state index in [1.54, 1.807) is 0 Å². The summed E-state index contributed by atoms with van der Waals surface area (Å²) >= 11 is 0. The lowest BCUT2D eigenvalue weighted by atomic mass is 9.98. The number of ether oxygens (including phenoxy) is 1. The molecular weight excluding hydrogens is 408 g/mol. The van der Waals surface area contributed by atoms with E-state index in [1.807, 2.05) is 48.5 Å². The average Bonchev–Trinajstić information content (AvgIpc) is 3.17. The maximum atomic E-state index is 12.3. The van der Waals surface area contributed by atoms with Gasteiger partial charge in [0.1, 0.15) is 6.61 Å². The van der Waals surface area contributed by atoms with Gasteiger partial charge in [-0.1, -0.05) is 91.0 Å². The molecule has 0 atom stereocenters. The first-order chi connectivity index (χ1) is 16.2. The van der Waals surface area contributed by atoms with E-state index in [2.05, 4.69) is 53.9 Å². The van der Waals surface area contributed by atoms with Gasteiger partial charge in [-0.15, -0.1) is 0 Å². The third-order valence-corrected chi connectivity index (χ3v) is 6.21. The van der Waals surface area contributed by atoms with Gasteiger partial charge in [-0.3, -0.25) is 0 Å². The SMILES string of the molecule is Nc1cccc2c(C=CCCNC(=O)OCC3c4ccccc4-c4ccccc43)cccc12. The molecule has 0 aromatic heterocycles. The normalized spacial score (nSPS) is 12.6. The van der Waals surface area contributed by atoms with Crippen LogP contribution in [0.3, 0.4) is 0 Å². The van der Waals surface area contributed by atoms with Gasteiger partial charge in [-0.25, -0.2) is 4.79 Å². The molecule has 1 aliphatic rings. The molecule has 0 saturated heterocycles. The second-order valence-electron chi connectivity index (χ2n) is 8.23. The van der Waals surface area contributed by atoms with Gasteiger partial charge in [-0.05, 0) is 45.7 Å². The molecular formula is C29H26N2O2. The summed E-state index contributed by atoms with van der Waals surface area (Å²) in [5.41, 5.74) is 12.8. The Morgan fingerprint density at radius 1 is 0.848 bits per heavy atom. The lowest BCUT2D eigenvalue weighted by Crippen LogP contribution is -2.26. The van der Waals surface area contributed by atoms with E-state index in [-0.39, 0.29) is 12.0 Å². The fourth-order valence-electron chi connectivity index (χ4n) is 4.62. The summed E-state index contributed by atoms with van der Waals surface area (Å²) in [6.07, 6.45) is 4.45. The topological polar surface area (TPSA) is 64.3 Å². The molecule has 4 heteroatoms. The molecule has 1 amide bonds. The van der Waals surface area contributed by atoms with Crippen LogP contribution in [0.4, 0.5) is 10.5 Å². The van der Waals surface area contributed by atoms with Crippen LogP contribution in [-0.2, 0) is 4.74 Å². The van der Waals surface area contributed by atoms with Crippen molar-refractivity contribution in [2.24, 2.45) is 0 Å². The maximum absolute atomic E-state index is 12.3. The lowest BCUT2D eigenvalue weighted by Gasteiger charge is -2.14. The second-order valence-corrected chi connectivity index (χ2v) is 8.23. The number of benzene rings is 4. The first-order valence-corrected chi connectivity index (χ1v) is 11.2. The average molecular weight is 435 g/mol. The van der Waals surface area contributed by atoms with Gasteiger partial charge in [0, 0.05) is 23.5 Å². The molecule has 164 valence electrons. The van der Waals surface area contributed by atoms with Gasteiger partial charge in [-0.2, -0.15) is 0 Å². The molecule has 0 heterocycles. The lowest BCUT2D eigenvalue weighted by molar-refractivity contribution is 0.143. The summed E-state index contributed by atoms with van der Waals surface area (Å²) in [4.78, 5) is 12.3. The largest absolute Gasteiger partial charge is 0.449 e. The fraction of sp³-hybridized carbons (Fsp3) is 0.138. The Labute approximate surface area is 193 Å². The van der Waals surface area contributed by atoms with Crippen molar-refractivity contribution in [3.8, 4) is 11.1 Å². The smallest absolute Gasteiger partial charge is 0.407 e. The van der Waals surface area contributed by atoms with Crippen LogP contribution in [0.15, 0.2) is 91.0 Å². The van der Waals surface area contributed by atoms with Crippen molar-refractivity contribution in [2.75, 3.05) is 18.9 Å². The molecule has 1 aliphatic carbocycles. The third-order valence-electron chi connectivity index (χ3n) is 6.21. The number of carbonyl (C=O) groups excluding carboxylic acids is 1. The highest BCUT2D eigenvalue weighted by atomic mass is 16.5. The number of fused-ring (bicyclic) bond motifs is 4. The van der Waals surface area contributed by atoms with E-state index in [0.29, 0.717) is 19.6 Å². The van der Waals surface area contributed by atoms with Crippen molar-refractivity contribution in [3.63, 3.8) is 0 Å². The van der Waals surface area contributed by atoms with Gasteiger partial charge < -0.3 is 15.8 Å². The zero-order valence-corrected chi connectivity index (χ0v) is 18.3. The number of nitrogens with one attached hydrogen (secondary N) is 1. The number of anilines is 1. The Bertz CT molecular complexity index is 1300. The zero-order chi connectivity index (χ0) is 22.6. The summed E-state index contributed by atoms with van der Waals surface area (Å²) in [6, 6.07) is 28.7. The van der Waals surface area contributed by atoms with E-state index in [4.69, 9.17) is 10.5 Å². The molecule has 0 spiro atoms. The highest BCUT2D eigenvalue weighted by Crippen LogP contribution is 2.44. The molecule has 4 aromatic carbocycles. The van der Waals surface area contributed by atoms with Crippen molar-refractivity contribution in [1.29, 1.82) is 0 Å². The highest BCUT2D eigenvalue weighted by Gasteiger charge is 2.28. The van der Waals surface area contributed by atoms with Crippen molar-refractivity contribution >= 4 is 28.6 Å². The molecule has 0 fully saturated rings. The zero-order valence-electron chi connectivity index (χ0n) is 18.3. The van der Waals surface area contributed by atoms with Gasteiger partial charge in [0.05, 0.1) is 0 Å². The number of alkyl carbamates (subject to hydrolysis) is 1. The minimum absolute atomic E-state index is 0.0712. The van der Waals surface area contributed by atoms with Crippen molar-refractivity contribution < 1.29 is 9.53 Å². The quantitative estimate of drug-likeness (QED) is 0.274. The summed E-state index contributed by atoms with van der Waals surface area (Å²) in [5, 5.41) is 5.03. The van der Waals surface area contributed by atoms with Crippen LogP contribution >= 0.6 is 0 Å². The standard InChI is InChI=1S/C29H26N2O2/c30-28-17-8-15-21-20(10-7-16-26(21)28)9-5-6-18-31-29(32)33-19-27-24-13-3-1-11-22(24)23-12-2-4-14-25(23)27/h1-5,7-17,27H,6,18-19,30H2,(H,31,32). The van der Waals surface area contributed by atoms with Crippen LogP contribution < -0.4 is 11.1 Å². The number of carbonyl (C=O) groups is 1. The molecule has 0 bridgehead atoms. The predicted molar refractivity (Wildman–Crippen MR) is 135 cm³/mol. The van der Waals surface area contributed by atoms with Gasteiger partial charge in [0.25, 0.3) is 0 Å². The number of hydrogen-bond acceptors (Lipinski definition) is 3. The van der Waals surface area contributed by atoms with Crippen LogP contribution in [0.25, 0.3) is 28.0 Å². The summed E-state index contributed by atoms with van der Waals surface area (Å²) < 4.78 is 5.59. The molecule has 4 aromatic rings. The molecule has 0 saturated carbocycles. The Kier molecular flexibility index (Phi) is 5.81. The minimum Gasteiger partial charge on any atom is -0.449 e. The van der Waals surface area contributed by atoms with Crippen LogP contribution in [0.2, 0.25) is 0 Å². The highest BCUT2D eigenvalue weighted by molar-refractivity contribution is 5.98. The molecule has 33 heavy (non-hydrogen) atoms. The molecule has 4 nitrogen and oxygen atoms in total. The van der Waals surface area contributed by atoms with Crippen LogP contribution in [0.1, 0.15) is 29.0 Å².